The molecule has 0 fully saturated rings. The van der Waals surface area contributed by atoms with E-state index in [-0.39, 0.29) is 11.9 Å². The molecule has 0 spiro atoms. The van der Waals surface area contributed by atoms with Crippen LogP contribution in [0.1, 0.15) is 40.9 Å². The van der Waals surface area contributed by atoms with Crippen molar-refractivity contribution >= 4 is 29.3 Å². The van der Waals surface area contributed by atoms with Crippen molar-refractivity contribution in [3.8, 4) is 5.69 Å². The second kappa shape index (κ2) is 10.7. The van der Waals surface area contributed by atoms with Gasteiger partial charge in [-0.3, -0.25) is 9.36 Å². The highest BCUT2D eigenvalue weighted by molar-refractivity contribution is 7.98. The van der Waals surface area contributed by atoms with Gasteiger partial charge in [0.15, 0.2) is 11.0 Å². The molecule has 0 aliphatic carbocycles. The number of nitrogens with one attached hydrogen (secondary N) is 1. The SMILES string of the molecule is Cc1ccc(-n2c(SCc3ccccc3)nnc2C(C)NC(=O)C(Cl)c2ccccc2)cc1. The van der Waals surface area contributed by atoms with E-state index in [1.54, 1.807) is 11.8 Å². The van der Waals surface area contributed by atoms with Crippen LogP contribution in [0.4, 0.5) is 0 Å². The van der Waals surface area contributed by atoms with Crippen molar-refractivity contribution in [3.05, 3.63) is 107 Å². The second-order valence-electron chi connectivity index (χ2n) is 7.79. The molecule has 1 heterocycles. The van der Waals surface area contributed by atoms with Crippen LogP contribution in [0.3, 0.4) is 0 Å². The largest absolute Gasteiger partial charge is 0.345 e. The summed E-state index contributed by atoms with van der Waals surface area (Å²) in [6.07, 6.45) is 0. The van der Waals surface area contributed by atoms with E-state index in [4.69, 9.17) is 11.6 Å². The summed E-state index contributed by atoms with van der Waals surface area (Å²) in [5, 5.41) is 11.9. The first-order valence-electron chi connectivity index (χ1n) is 10.7. The molecule has 0 radical (unpaired) electrons. The highest BCUT2D eigenvalue weighted by atomic mass is 35.5. The van der Waals surface area contributed by atoms with E-state index in [9.17, 15) is 4.79 Å². The van der Waals surface area contributed by atoms with Gasteiger partial charge in [-0.15, -0.1) is 21.8 Å². The van der Waals surface area contributed by atoms with Gasteiger partial charge in [0, 0.05) is 11.4 Å². The van der Waals surface area contributed by atoms with Crippen LogP contribution in [0.15, 0.2) is 90.1 Å². The minimum Gasteiger partial charge on any atom is -0.345 e. The van der Waals surface area contributed by atoms with Crippen molar-refractivity contribution in [3.63, 3.8) is 0 Å². The van der Waals surface area contributed by atoms with Gasteiger partial charge in [0.1, 0.15) is 5.38 Å². The monoisotopic (exact) mass is 476 g/mol. The number of thioether (sulfide) groups is 1. The van der Waals surface area contributed by atoms with Crippen molar-refractivity contribution < 1.29 is 4.79 Å². The number of nitrogens with zero attached hydrogens (tertiary/aromatic N) is 3. The van der Waals surface area contributed by atoms with Gasteiger partial charge in [-0.05, 0) is 37.1 Å². The molecule has 2 atom stereocenters. The van der Waals surface area contributed by atoms with E-state index in [0.717, 1.165) is 22.2 Å². The van der Waals surface area contributed by atoms with E-state index < -0.39 is 5.38 Å². The Morgan fingerprint density at radius 1 is 0.970 bits per heavy atom. The number of carbonyl (C=O) groups is 1. The summed E-state index contributed by atoms with van der Waals surface area (Å²) in [7, 11) is 0. The molecule has 7 heteroatoms. The quantitative estimate of drug-likeness (QED) is 0.249. The Morgan fingerprint density at radius 3 is 2.27 bits per heavy atom. The number of aromatic nitrogens is 3. The number of benzene rings is 3. The fraction of sp³-hybridized carbons (Fsp3) is 0.192. The third kappa shape index (κ3) is 5.64. The second-order valence-corrected chi connectivity index (χ2v) is 9.17. The number of alkyl halides is 1. The Hall–Kier alpha value is -3.09. The molecule has 1 N–H and O–H groups in total. The van der Waals surface area contributed by atoms with Gasteiger partial charge in [-0.25, -0.2) is 0 Å². The van der Waals surface area contributed by atoms with E-state index in [1.807, 2.05) is 72.2 Å². The molecular formula is C26H25ClN4OS. The highest BCUT2D eigenvalue weighted by Gasteiger charge is 2.24. The predicted octanol–water partition coefficient (Wildman–Crippen LogP) is 6.03. The smallest absolute Gasteiger partial charge is 0.243 e. The summed E-state index contributed by atoms with van der Waals surface area (Å²) in [4.78, 5) is 12.8. The van der Waals surface area contributed by atoms with Crippen molar-refractivity contribution in [1.29, 1.82) is 0 Å². The van der Waals surface area contributed by atoms with Crippen LogP contribution in [0, 0.1) is 6.92 Å². The zero-order chi connectivity index (χ0) is 23.2. The third-order valence-electron chi connectivity index (χ3n) is 5.23. The lowest BCUT2D eigenvalue weighted by Crippen LogP contribution is -2.31. The predicted molar refractivity (Wildman–Crippen MR) is 134 cm³/mol. The summed E-state index contributed by atoms with van der Waals surface area (Å²) >= 11 is 8.04. The van der Waals surface area contributed by atoms with Crippen LogP contribution in [0.5, 0.6) is 0 Å². The van der Waals surface area contributed by atoms with Gasteiger partial charge in [0.05, 0.1) is 6.04 Å². The number of hydrogen-bond donors (Lipinski definition) is 1. The molecule has 2 unspecified atom stereocenters. The number of hydrogen-bond acceptors (Lipinski definition) is 4. The zero-order valence-corrected chi connectivity index (χ0v) is 20.1. The summed E-state index contributed by atoms with van der Waals surface area (Å²) in [5.74, 6) is 1.15. The van der Waals surface area contributed by atoms with Crippen LogP contribution in [0.2, 0.25) is 0 Å². The van der Waals surface area contributed by atoms with Crippen molar-refractivity contribution in [2.24, 2.45) is 0 Å². The molecule has 4 aromatic rings. The maximum absolute atomic E-state index is 12.8. The van der Waals surface area contributed by atoms with Crippen molar-refractivity contribution in [2.75, 3.05) is 0 Å². The number of aryl methyl sites for hydroxylation is 1. The first-order valence-corrected chi connectivity index (χ1v) is 12.1. The Kier molecular flexibility index (Phi) is 7.47. The molecule has 0 bridgehead atoms. The minimum absolute atomic E-state index is 0.271. The van der Waals surface area contributed by atoms with Crippen LogP contribution >= 0.6 is 23.4 Å². The number of rotatable bonds is 8. The normalized spacial score (nSPS) is 12.8. The van der Waals surface area contributed by atoms with Gasteiger partial charge in [0.25, 0.3) is 0 Å². The summed E-state index contributed by atoms with van der Waals surface area (Å²) in [6.45, 7) is 3.95. The van der Waals surface area contributed by atoms with Crippen molar-refractivity contribution in [1.82, 2.24) is 20.1 Å². The Balaban J connectivity index is 1.59. The molecular weight excluding hydrogens is 452 g/mol. The number of amides is 1. The standard InChI is InChI=1S/C26H25ClN4OS/c1-18-13-15-22(16-14-18)31-24(29-30-26(31)33-17-20-9-5-3-6-10-20)19(2)28-25(32)23(27)21-11-7-4-8-12-21/h3-16,19,23H,17H2,1-2H3,(H,28,32). The Morgan fingerprint density at radius 2 is 1.61 bits per heavy atom. The minimum atomic E-state index is -0.781. The van der Waals surface area contributed by atoms with Gasteiger partial charge in [-0.2, -0.15) is 0 Å². The fourth-order valence-electron chi connectivity index (χ4n) is 3.44. The average Bonchev–Trinajstić information content (AvgIpc) is 3.28. The molecule has 1 amide bonds. The Bertz CT molecular complexity index is 1200. The topological polar surface area (TPSA) is 59.8 Å². The molecule has 5 nitrogen and oxygen atoms in total. The fourth-order valence-corrected chi connectivity index (χ4v) is 4.56. The summed E-state index contributed by atoms with van der Waals surface area (Å²) in [5.41, 5.74) is 4.07. The molecule has 0 saturated carbocycles. The van der Waals surface area contributed by atoms with Gasteiger partial charge in [0.2, 0.25) is 5.91 Å². The van der Waals surface area contributed by atoms with Crippen molar-refractivity contribution in [2.45, 2.75) is 36.2 Å². The molecule has 4 rings (SSSR count). The zero-order valence-electron chi connectivity index (χ0n) is 18.5. The molecule has 1 aromatic heterocycles. The number of carbonyl (C=O) groups excluding carboxylic acids is 1. The van der Waals surface area contributed by atoms with E-state index >= 15 is 0 Å². The van der Waals surface area contributed by atoms with Crippen LogP contribution in [0.25, 0.3) is 5.69 Å². The molecule has 0 saturated heterocycles. The summed E-state index contributed by atoms with van der Waals surface area (Å²) < 4.78 is 2.00. The first kappa shape index (κ1) is 23.1. The van der Waals surface area contributed by atoms with Crippen LogP contribution in [-0.4, -0.2) is 20.7 Å². The highest BCUT2D eigenvalue weighted by Crippen LogP contribution is 2.28. The lowest BCUT2D eigenvalue weighted by atomic mass is 10.1. The average molecular weight is 477 g/mol. The lowest BCUT2D eigenvalue weighted by Gasteiger charge is -2.18. The summed E-state index contributed by atoms with van der Waals surface area (Å²) in [6, 6.07) is 27.4. The molecule has 33 heavy (non-hydrogen) atoms. The van der Waals surface area contributed by atoms with Crippen LogP contribution in [-0.2, 0) is 10.5 Å². The molecule has 0 aliphatic rings. The van der Waals surface area contributed by atoms with Crippen LogP contribution < -0.4 is 5.32 Å². The van der Waals surface area contributed by atoms with Gasteiger partial charge >= 0.3 is 0 Å². The van der Waals surface area contributed by atoms with Gasteiger partial charge < -0.3 is 5.32 Å². The maximum atomic E-state index is 12.8. The maximum Gasteiger partial charge on any atom is 0.243 e. The van der Waals surface area contributed by atoms with E-state index in [1.165, 1.54) is 11.1 Å². The van der Waals surface area contributed by atoms with E-state index in [0.29, 0.717) is 5.82 Å². The molecule has 3 aromatic carbocycles. The van der Waals surface area contributed by atoms with Gasteiger partial charge in [-0.1, -0.05) is 90.1 Å². The molecule has 0 aliphatic heterocycles. The lowest BCUT2D eigenvalue weighted by molar-refractivity contribution is -0.121. The number of halogens is 1. The third-order valence-corrected chi connectivity index (χ3v) is 6.68. The Labute approximate surface area is 203 Å². The van der Waals surface area contributed by atoms with E-state index in [2.05, 4.69) is 46.7 Å². The molecule has 168 valence electrons. The first-order chi connectivity index (χ1) is 16.0.